The maximum absolute atomic E-state index is 13.7. The van der Waals surface area contributed by atoms with Crippen LogP contribution in [0.25, 0.3) is 0 Å². The second-order valence-corrected chi connectivity index (χ2v) is 5.72. The normalized spacial score (nSPS) is 11.4. The van der Waals surface area contributed by atoms with Gasteiger partial charge in [0.25, 0.3) is 5.91 Å². The lowest BCUT2D eigenvalue weighted by atomic mass is 10.2. The molecule has 0 saturated heterocycles. The Kier molecular flexibility index (Phi) is 4.89. The Morgan fingerprint density at radius 2 is 1.89 bits per heavy atom. The highest BCUT2D eigenvalue weighted by Crippen LogP contribution is 2.25. The van der Waals surface area contributed by atoms with Crippen molar-refractivity contribution >= 4 is 27.5 Å². The molecule has 19 heavy (non-hydrogen) atoms. The van der Waals surface area contributed by atoms with Gasteiger partial charge in [-0.2, -0.15) is 0 Å². The third-order valence-electron chi connectivity index (χ3n) is 2.61. The number of halogens is 2. The molecule has 0 aliphatic heterocycles. The second-order valence-electron chi connectivity index (χ2n) is 3.78. The zero-order valence-corrected chi connectivity index (χ0v) is 12.1. The monoisotopic (exact) mass is 308 g/mol. The van der Waals surface area contributed by atoms with Gasteiger partial charge in [0.2, 0.25) is 10.0 Å². The summed E-state index contributed by atoms with van der Waals surface area (Å²) >= 11 is 5.61. The van der Waals surface area contributed by atoms with Crippen LogP contribution in [0.1, 0.15) is 24.2 Å². The summed E-state index contributed by atoms with van der Waals surface area (Å²) in [5.74, 6) is -1.49. The highest BCUT2D eigenvalue weighted by molar-refractivity contribution is 7.89. The fourth-order valence-corrected chi connectivity index (χ4v) is 2.68. The molecule has 5 nitrogen and oxygen atoms in total. The Hall–Kier alpha value is -1.18. The number of benzene rings is 1. The third kappa shape index (κ3) is 3.43. The van der Waals surface area contributed by atoms with Crippen LogP contribution in [0.3, 0.4) is 0 Å². The van der Waals surface area contributed by atoms with Crippen molar-refractivity contribution in [2.45, 2.75) is 18.7 Å². The summed E-state index contributed by atoms with van der Waals surface area (Å²) in [6.45, 7) is 4.22. The van der Waals surface area contributed by atoms with Gasteiger partial charge in [0.1, 0.15) is 10.7 Å². The summed E-state index contributed by atoms with van der Waals surface area (Å²) in [5, 5.41) is 4.61. The SMILES string of the molecule is CCN(CC)C(=O)c1cc(S(N)(=O)=O)c(Cl)cc1F. The first-order valence-electron chi connectivity index (χ1n) is 5.53. The molecule has 1 aromatic carbocycles. The Bertz CT molecular complexity index is 600. The van der Waals surface area contributed by atoms with E-state index in [9.17, 15) is 17.6 Å². The number of hydrogen-bond acceptors (Lipinski definition) is 3. The van der Waals surface area contributed by atoms with E-state index in [-0.39, 0.29) is 10.6 Å². The zero-order valence-electron chi connectivity index (χ0n) is 10.5. The summed E-state index contributed by atoms with van der Waals surface area (Å²) in [4.78, 5) is 12.9. The van der Waals surface area contributed by atoms with Crippen LogP contribution in [-0.4, -0.2) is 32.3 Å². The Morgan fingerprint density at radius 3 is 2.32 bits per heavy atom. The highest BCUT2D eigenvalue weighted by Gasteiger charge is 2.22. The van der Waals surface area contributed by atoms with Crippen molar-refractivity contribution in [3.8, 4) is 0 Å². The second kappa shape index (κ2) is 5.85. The van der Waals surface area contributed by atoms with Gasteiger partial charge in [0, 0.05) is 13.1 Å². The molecular weight excluding hydrogens is 295 g/mol. The van der Waals surface area contributed by atoms with Crippen molar-refractivity contribution in [3.63, 3.8) is 0 Å². The van der Waals surface area contributed by atoms with Gasteiger partial charge in [0.15, 0.2) is 0 Å². The molecule has 0 radical (unpaired) electrons. The Labute approximate surface area is 116 Å². The lowest BCUT2D eigenvalue weighted by Gasteiger charge is -2.19. The van der Waals surface area contributed by atoms with Gasteiger partial charge in [0.05, 0.1) is 10.6 Å². The molecule has 0 saturated carbocycles. The number of rotatable bonds is 4. The molecule has 1 aromatic rings. The first kappa shape index (κ1) is 15.9. The van der Waals surface area contributed by atoms with E-state index in [2.05, 4.69) is 0 Å². The van der Waals surface area contributed by atoms with Crippen molar-refractivity contribution < 1.29 is 17.6 Å². The van der Waals surface area contributed by atoms with E-state index < -0.39 is 26.6 Å². The Balaban J connectivity index is 3.41. The number of nitrogens with two attached hydrogens (primary N) is 1. The van der Waals surface area contributed by atoms with Crippen LogP contribution in [0.15, 0.2) is 17.0 Å². The zero-order chi connectivity index (χ0) is 14.8. The van der Waals surface area contributed by atoms with Crippen LogP contribution >= 0.6 is 11.6 Å². The van der Waals surface area contributed by atoms with Gasteiger partial charge in [-0.3, -0.25) is 4.79 Å². The molecule has 0 aromatic heterocycles. The maximum atomic E-state index is 13.7. The van der Waals surface area contributed by atoms with Gasteiger partial charge < -0.3 is 4.90 Å². The van der Waals surface area contributed by atoms with Crippen molar-refractivity contribution in [1.29, 1.82) is 0 Å². The van der Waals surface area contributed by atoms with Crippen LogP contribution < -0.4 is 5.14 Å². The topological polar surface area (TPSA) is 80.5 Å². The molecule has 0 spiro atoms. The molecule has 0 fully saturated rings. The van der Waals surface area contributed by atoms with Crippen molar-refractivity contribution in [2.24, 2.45) is 5.14 Å². The number of primary sulfonamides is 1. The molecule has 1 amide bonds. The summed E-state index contributed by atoms with van der Waals surface area (Å²) in [6, 6.07) is 1.64. The fraction of sp³-hybridized carbons (Fsp3) is 0.364. The van der Waals surface area contributed by atoms with Crippen LogP contribution in [-0.2, 0) is 10.0 Å². The van der Waals surface area contributed by atoms with Crippen molar-refractivity contribution in [2.75, 3.05) is 13.1 Å². The quantitative estimate of drug-likeness (QED) is 0.917. The molecule has 1 rings (SSSR count). The molecule has 2 N–H and O–H groups in total. The number of nitrogens with zero attached hydrogens (tertiary/aromatic N) is 1. The minimum Gasteiger partial charge on any atom is -0.339 e. The number of carbonyl (C=O) groups excluding carboxylic acids is 1. The van der Waals surface area contributed by atoms with Crippen LogP contribution in [0.2, 0.25) is 5.02 Å². The molecule has 106 valence electrons. The minimum atomic E-state index is -4.11. The molecule has 0 aliphatic rings. The predicted molar refractivity (Wildman–Crippen MR) is 70.0 cm³/mol. The lowest BCUT2D eigenvalue weighted by Crippen LogP contribution is -2.31. The van der Waals surface area contributed by atoms with Gasteiger partial charge in [-0.1, -0.05) is 11.6 Å². The van der Waals surface area contributed by atoms with Crippen LogP contribution in [0, 0.1) is 5.82 Å². The summed E-state index contributed by atoms with van der Waals surface area (Å²) < 4.78 is 36.3. The average molecular weight is 309 g/mol. The van der Waals surface area contributed by atoms with Gasteiger partial charge >= 0.3 is 0 Å². The fourth-order valence-electron chi connectivity index (χ4n) is 1.59. The van der Waals surface area contributed by atoms with E-state index >= 15 is 0 Å². The average Bonchev–Trinajstić information content (AvgIpc) is 2.28. The van der Waals surface area contributed by atoms with Gasteiger partial charge in [-0.15, -0.1) is 0 Å². The van der Waals surface area contributed by atoms with Crippen molar-refractivity contribution in [3.05, 3.63) is 28.5 Å². The minimum absolute atomic E-state index is 0.351. The number of amides is 1. The summed E-state index contributed by atoms with van der Waals surface area (Å²) in [7, 11) is -4.11. The van der Waals surface area contributed by atoms with Gasteiger partial charge in [-0.25, -0.2) is 17.9 Å². The number of hydrogen-bond donors (Lipinski definition) is 1. The smallest absolute Gasteiger partial charge is 0.256 e. The van der Waals surface area contributed by atoms with Crippen LogP contribution in [0.4, 0.5) is 4.39 Å². The first-order valence-corrected chi connectivity index (χ1v) is 7.45. The molecule has 0 bridgehead atoms. The van der Waals surface area contributed by atoms with Crippen LogP contribution in [0.5, 0.6) is 0 Å². The van der Waals surface area contributed by atoms with E-state index in [0.29, 0.717) is 13.1 Å². The molecular formula is C11H14ClFN2O3S. The molecule has 0 unspecified atom stereocenters. The standard InChI is InChI=1S/C11H14ClFN2O3S/c1-3-15(4-2)11(16)7-5-10(19(14,17)18)8(12)6-9(7)13/h5-6H,3-4H2,1-2H3,(H2,14,17,18). The molecule has 0 heterocycles. The van der Waals surface area contributed by atoms with E-state index in [0.717, 1.165) is 12.1 Å². The summed E-state index contributed by atoms with van der Waals surface area (Å²) in [6.07, 6.45) is 0. The Morgan fingerprint density at radius 1 is 1.37 bits per heavy atom. The van der Waals surface area contributed by atoms with E-state index in [1.54, 1.807) is 13.8 Å². The molecule has 0 atom stereocenters. The molecule has 8 heteroatoms. The maximum Gasteiger partial charge on any atom is 0.256 e. The molecule has 0 aliphatic carbocycles. The van der Waals surface area contributed by atoms with E-state index in [1.165, 1.54) is 4.90 Å². The first-order chi connectivity index (χ1) is 8.72. The van der Waals surface area contributed by atoms with E-state index in [4.69, 9.17) is 16.7 Å². The predicted octanol–water partition coefficient (Wildman–Crippen LogP) is 1.61. The van der Waals surface area contributed by atoms with E-state index in [1.807, 2.05) is 0 Å². The largest absolute Gasteiger partial charge is 0.339 e. The lowest BCUT2D eigenvalue weighted by molar-refractivity contribution is 0.0768. The van der Waals surface area contributed by atoms with Gasteiger partial charge in [-0.05, 0) is 26.0 Å². The summed E-state index contributed by atoms with van der Waals surface area (Å²) in [5.41, 5.74) is -0.364. The number of sulfonamides is 1. The third-order valence-corrected chi connectivity index (χ3v) is 3.98. The number of carbonyl (C=O) groups is 1. The highest BCUT2D eigenvalue weighted by atomic mass is 35.5. The van der Waals surface area contributed by atoms with Crippen molar-refractivity contribution in [1.82, 2.24) is 4.90 Å².